The number of ether oxygens (including phenoxy) is 2. The molecule has 1 saturated heterocycles. The summed E-state index contributed by atoms with van der Waals surface area (Å²) in [5, 5.41) is 12.7. The van der Waals surface area contributed by atoms with Crippen LogP contribution in [0.5, 0.6) is 5.75 Å². The lowest BCUT2D eigenvalue weighted by molar-refractivity contribution is 0.0262. The fraction of sp³-hybridized carbons (Fsp3) is 0.455. The lowest BCUT2D eigenvalue weighted by atomic mass is 9.85. The molecule has 0 spiro atoms. The molecule has 3 heterocycles. The molecule has 7 nitrogen and oxygen atoms in total. The molecule has 7 heteroatoms. The molecule has 0 radical (unpaired) electrons. The third-order valence-corrected chi connectivity index (χ3v) is 5.87. The van der Waals surface area contributed by atoms with E-state index in [1.54, 1.807) is 7.11 Å². The number of carbonyl (C=O) groups is 1. The monoisotopic (exact) mass is 398 g/mol. The number of aromatic nitrogens is 1. The summed E-state index contributed by atoms with van der Waals surface area (Å²) in [5.74, 6) is -0.223. The van der Waals surface area contributed by atoms with Crippen molar-refractivity contribution in [3.05, 3.63) is 51.3 Å². The van der Waals surface area contributed by atoms with Crippen molar-refractivity contribution in [2.45, 2.75) is 32.4 Å². The third kappa shape index (κ3) is 3.45. The van der Waals surface area contributed by atoms with Crippen LogP contribution in [0.1, 0.15) is 47.5 Å². The molecule has 29 heavy (non-hydrogen) atoms. The maximum atomic E-state index is 12.4. The van der Waals surface area contributed by atoms with E-state index in [1.807, 2.05) is 10.6 Å². The van der Waals surface area contributed by atoms with Crippen molar-refractivity contribution in [2.75, 3.05) is 26.8 Å². The highest BCUT2D eigenvalue weighted by Crippen LogP contribution is 2.42. The third-order valence-electron chi connectivity index (χ3n) is 5.87. The van der Waals surface area contributed by atoms with Crippen molar-refractivity contribution in [3.8, 4) is 17.0 Å². The van der Waals surface area contributed by atoms with E-state index in [-0.39, 0.29) is 23.6 Å². The van der Waals surface area contributed by atoms with E-state index in [2.05, 4.69) is 25.2 Å². The fourth-order valence-corrected chi connectivity index (χ4v) is 4.33. The quantitative estimate of drug-likeness (QED) is 0.823. The Kier molecular flexibility index (Phi) is 5.19. The number of carboxylic acid groups (broad SMARTS) is 1. The van der Waals surface area contributed by atoms with Gasteiger partial charge in [-0.25, -0.2) is 4.79 Å². The number of nitrogens with one attached hydrogen (secondary N) is 1. The van der Waals surface area contributed by atoms with Crippen LogP contribution < -0.4 is 15.5 Å². The SMILES string of the molecule is COc1cc2c(cc1C1CNCCO1)CC(C(C)C)n1cc(C(=O)O)c(=O)cc1-2. The van der Waals surface area contributed by atoms with E-state index in [0.717, 1.165) is 41.9 Å². The van der Waals surface area contributed by atoms with Crippen molar-refractivity contribution in [3.63, 3.8) is 0 Å². The zero-order valence-electron chi connectivity index (χ0n) is 16.9. The molecule has 0 amide bonds. The Morgan fingerprint density at radius 1 is 1.34 bits per heavy atom. The molecule has 2 unspecified atom stereocenters. The predicted molar refractivity (Wildman–Crippen MR) is 109 cm³/mol. The number of benzene rings is 1. The number of aromatic carboxylic acids is 1. The van der Waals surface area contributed by atoms with Gasteiger partial charge in [-0.1, -0.05) is 13.8 Å². The number of methoxy groups -OCH3 is 1. The average Bonchev–Trinajstić information content (AvgIpc) is 2.72. The minimum Gasteiger partial charge on any atom is -0.496 e. The van der Waals surface area contributed by atoms with Crippen LogP contribution >= 0.6 is 0 Å². The van der Waals surface area contributed by atoms with Gasteiger partial charge < -0.3 is 24.5 Å². The number of hydrogen-bond acceptors (Lipinski definition) is 5. The fourth-order valence-electron chi connectivity index (χ4n) is 4.33. The first kappa shape index (κ1) is 19.7. The Bertz CT molecular complexity index is 1000. The van der Waals surface area contributed by atoms with Crippen LogP contribution in [0.25, 0.3) is 11.3 Å². The van der Waals surface area contributed by atoms with Crippen molar-refractivity contribution in [1.82, 2.24) is 9.88 Å². The van der Waals surface area contributed by atoms with Crippen LogP contribution in [0.4, 0.5) is 0 Å². The highest BCUT2D eigenvalue weighted by molar-refractivity contribution is 5.87. The van der Waals surface area contributed by atoms with Crippen molar-refractivity contribution in [1.29, 1.82) is 0 Å². The lowest BCUT2D eigenvalue weighted by Gasteiger charge is -2.34. The first-order valence-corrected chi connectivity index (χ1v) is 9.93. The molecule has 1 aromatic heterocycles. The number of hydrogen-bond donors (Lipinski definition) is 2. The molecular formula is C22H26N2O5. The van der Waals surface area contributed by atoms with Gasteiger partial charge in [0, 0.05) is 42.5 Å². The van der Waals surface area contributed by atoms with Gasteiger partial charge in [-0.2, -0.15) is 0 Å². The second-order valence-corrected chi connectivity index (χ2v) is 7.98. The molecule has 1 aromatic carbocycles. The van der Waals surface area contributed by atoms with Crippen LogP contribution in [-0.4, -0.2) is 42.4 Å². The highest BCUT2D eigenvalue weighted by atomic mass is 16.5. The Morgan fingerprint density at radius 3 is 2.76 bits per heavy atom. The molecule has 2 N–H and O–H groups in total. The standard InChI is InChI=1S/C22H26N2O5/c1-12(2)17-7-13-6-15(21-10-23-4-5-29-21)20(28-3)8-14(13)18-9-19(25)16(22(26)27)11-24(17)18/h6,8-9,11-12,17,21,23H,4-5,7,10H2,1-3H3,(H,26,27). The molecular weight excluding hydrogens is 372 g/mol. The molecule has 2 atom stereocenters. The Balaban J connectivity index is 1.90. The summed E-state index contributed by atoms with van der Waals surface area (Å²) in [6, 6.07) is 5.57. The number of morpholine rings is 1. The van der Waals surface area contributed by atoms with Crippen LogP contribution in [-0.2, 0) is 11.2 Å². The predicted octanol–water partition coefficient (Wildman–Crippen LogP) is 2.64. The van der Waals surface area contributed by atoms with Crippen molar-refractivity contribution < 1.29 is 19.4 Å². The number of pyridine rings is 1. The minimum atomic E-state index is -1.20. The van der Waals surface area contributed by atoms with Crippen LogP contribution in [0, 0.1) is 5.92 Å². The smallest absolute Gasteiger partial charge is 0.341 e. The molecule has 0 bridgehead atoms. The van der Waals surface area contributed by atoms with E-state index < -0.39 is 11.4 Å². The van der Waals surface area contributed by atoms with Gasteiger partial charge in [0.1, 0.15) is 11.3 Å². The summed E-state index contributed by atoms with van der Waals surface area (Å²) in [6.45, 7) is 6.42. The number of nitrogens with zero attached hydrogens (tertiary/aromatic N) is 1. The summed E-state index contributed by atoms with van der Waals surface area (Å²) in [7, 11) is 1.63. The topological polar surface area (TPSA) is 89.8 Å². The number of rotatable bonds is 4. The molecule has 4 rings (SSSR count). The van der Waals surface area contributed by atoms with Gasteiger partial charge in [0.15, 0.2) is 5.43 Å². The Hall–Kier alpha value is -2.64. The zero-order valence-corrected chi connectivity index (χ0v) is 16.9. The molecule has 154 valence electrons. The first-order chi connectivity index (χ1) is 13.9. The van der Waals surface area contributed by atoms with E-state index in [0.29, 0.717) is 12.4 Å². The first-order valence-electron chi connectivity index (χ1n) is 9.93. The average molecular weight is 398 g/mol. The molecule has 2 aliphatic rings. The van der Waals surface area contributed by atoms with Crippen molar-refractivity contribution in [2.24, 2.45) is 5.92 Å². The van der Waals surface area contributed by atoms with E-state index >= 15 is 0 Å². The highest BCUT2D eigenvalue weighted by Gasteiger charge is 2.30. The second kappa shape index (κ2) is 7.65. The Labute approximate surface area is 169 Å². The maximum Gasteiger partial charge on any atom is 0.341 e. The molecule has 0 aliphatic carbocycles. The Morgan fingerprint density at radius 2 is 2.14 bits per heavy atom. The van der Waals surface area contributed by atoms with E-state index in [4.69, 9.17) is 9.47 Å². The van der Waals surface area contributed by atoms with Gasteiger partial charge in [-0.3, -0.25) is 4.79 Å². The zero-order chi connectivity index (χ0) is 20.7. The van der Waals surface area contributed by atoms with Crippen molar-refractivity contribution >= 4 is 5.97 Å². The van der Waals surface area contributed by atoms with Gasteiger partial charge in [0.25, 0.3) is 0 Å². The summed E-state index contributed by atoms with van der Waals surface area (Å²) in [5.41, 5.74) is 3.07. The van der Waals surface area contributed by atoms with Gasteiger partial charge in [-0.15, -0.1) is 0 Å². The number of fused-ring (bicyclic) bond motifs is 3. The van der Waals surface area contributed by atoms with E-state index in [1.165, 1.54) is 12.3 Å². The van der Waals surface area contributed by atoms with Crippen LogP contribution in [0.15, 0.2) is 29.2 Å². The summed E-state index contributed by atoms with van der Waals surface area (Å²) in [4.78, 5) is 23.9. The van der Waals surface area contributed by atoms with Gasteiger partial charge in [0.05, 0.1) is 25.5 Å². The van der Waals surface area contributed by atoms with Gasteiger partial charge in [0.2, 0.25) is 0 Å². The van der Waals surface area contributed by atoms with Gasteiger partial charge >= 0.3 is 5.97 Å². The second-order valence-electron chi connectivity index (χ2n) is 7.98. The maximum absolute atomic E-state index is 12.4. The molecule has 0 saturated carbocycles. The van der Waals surface area contributed by atoms with E-state index in [9.17, 15) is 14.7 Å². The van der Waals surface area contributed by atoms with Crippen LogP contribution in [0.3, 0.4) is 0 Å². The van der Waals surface area contributed by atoms with Crippen LogP contribution in [0.2, 0.25) is 0 Å². The summed E-state index contributed by atoms with van der Waals surface area (Å²) in [6.07, 6.45) is 2.15. The minimum absolute atomic E-state index is 0.0582. The largest absolute Gasteiger partial charge is 0.496 e. The molecule has 2 aliphatic heterocycles. The lowest BCUT2D eigenvalue weighted by Crippen LogP contribution is -2.34. The summed E-state index contributed by atoms with van der Waals surface area (Å²) >= 11 is 0. The molecule has 2 aromatic rings. The summed E-state index contributed by atoms with van der Waals surface area (Å²) < 4.78 is 13.5. The normalized spacial score (nSPS) is 20.8. The van der Waals surface area contributed by atoms with Gasteiger partial charge in [-0.05, 0) is 30.0 Å². The number of carboxylic acids is 1. The molecule has 1 fully saturated rings.